The molecule has 0 aliphatic heterocycles. The Morgan fingerprint density at radius 3 is 1.60 bits per heavy atom. The molecule has 1 atom stereocenters. The van der Waals surface area contributed by atoms with Gasteiger partial charge in [0.05, 0.1) is 12.5 Å². The highest BCUT2D eigenvalue weighted by molar-refractivity contribution is 5.53. The van der Waals surface area contributed by atoms with Gasteiger partial charge in [0.1, 0.15) is 5.75 Å². The first kappa shape index (κ1) is 17.2. The van der Waals surface area contributed by atoms with Gasteiger partial charge in [0.2, 0.25) is 0 Å². The van der Waals surface area contributed by atoms with Gasteiger partial charge in [-0.25, -0.2) is 0 Å². The summed E-state index contributed by atoms with van der Waals surface area (Å²) in [6.07, 6.45) is 0. The zero-order valence-corrected chi connectivity index (χ0v) is 14.4. The molecule has 1 unspecified atom stereocenters. The van der Waals surface area contributed by atoms with E-state index in [-0.39, 0.29) is 6.04 Å². The van der Waals surface area contributed by atoms with Crippen molar-refractivity contribution in [2.75, 3.05) is 13.7 Å². The maximum Gasteiger partial charge on any atom is 0.118 e. The maximum absolute atomic E-state index is 6.66. The van der Waals surface area contributed by atoms with Crippen molar-refractivity contribution in [2.45, 2.75) is 11.5 Å². The monoisotopic (exact) mass is 332 g/mol. The Kier molecular flexibility index (Phi) is 5.17. The summed E-state index contributed by atoms with van der Waals surface area (Å²) in [4.78, 5) is 0. The summed E-state index contributed by atoms with van der Waals surface area (Å²) in [5.74, 6) is 0.820. The van der Waals surface area contributed by atoms with Gasteiger partial charge < -0.3 is 16.2 Å². The maximum atomic E-state index is 6.66. The number of nitrogens with two attached hydrogens (primary N) is 2. The van der Waals surface area contributed by atoms with E-state index in [0.717, 1.165) is 22.4 Å². The molecule has 3 aromatic carbocycles. The van der Waals surface area contributed by atoms with Crippen LogP contribution in [0.25, 0.3) is 0 Å². The fraction of sp³-hybridized carbons (Fsp3) is 0.182. The van der Waals surface area contributed by atoms with E-state index in [0.29, 0.717) is 6.54 Å². The largest absolute Gasteiger partial charge is 0.497 e. The van der Waals surface area contributed by atoms with Crippen LogP contribution >= 0.6 is 0 Å². The van der Waals surface area contributed by atoms with Crippen LogP contribution in [0.1, 0.15) is 16.7 Å². The van der Waals surface area contributed by atoms with E-state index in [9.17, 15) is 0 Å². The van der Waals surface area contributed by atoms with Crippen molar-refractivity contribution < 1.29 is 4.74 Å². The molecule has 0 heterocycles. The van der Waals surface area contributed by atoms with Gasteiger partial charge in [-0.2, -0.15) is 0 Å². The number of hydrogen-bond acceptors (Lipinski definition) is 3. The van der Waals surface area contributed by atoms with E-state index >= 15 is 0 Å². The quantitative estimate of drug-likeness (QED) is 0.681. The molecule has 3 heteroatoms. The minimum atomic E-state index is -0.524. The Hall–Kier alpha value is -2.62. The topological polar surface area (TPSA) is 61.3 Å². The molecule has 0 spiro atoms. The van der Waals surface area contributed by atoms with E-state index in [1.54, 1.807) is 7.11 Å². The summed E-state index contributed by atoms with van der Waals surface area (Å²) in [6.45, 7) is 0.371. The predicted molar refractivity (Wildman–Crippen MR) is 103 cm³/mol. The molecule has 3 aromatic rings. The third-order valence-electron chi connectivity index (χ3n) is 4.81. The minimum Gasteiger partial charge on any atom is -0.497 e. The van der Waals surface area contributed by atoms with Crippen molar-refractivity contribution in [1.82, 2.24) is 0 Å². The highest BCUT2D eigenvalue weighted by atomic mass is 16.5. The third-order valence-corrected chi connectivity index (χ3v) is 4.81. The van der Waals surface area contributed by atoms with Crippen LogP contribution in [-0.4, -0.2) is 19.7 Å². The van der Waals surface area contributed by atoms with Crippen LogP contribution in [-0.2, 0) is 5.41 Å². The van der Waals surface area contributed by atoms with Crippen LogP contribution in [0.2, 0.25) is 0 Å². The first-order valence-corrected chi connectivity index (χ1v) is 8.44. The summed E-state index contributed by atoms with van der Waals surface area (Å²) in [5.41, 5.74) is 15.6. The van der Waals surface area contributed by atoms with Crippen molar-refractivity contribution >= 4 is 0 Å². The summed E-state index contributed by atoms with van der Waals surface area (Å²) in [5, 5.41) is 0. The fourth-order valence-corrected chi connectivity index (χ4v) is 3.58. The van der Waals surface area contributed by atoms with Gasteiger partial charge in [-0.3, -0.25) is 0 Å². The lowest BCUT2D eigenvalue weighted by Crippen LogP contribution is -2.51. The van der Waals surface area contributed by atoms with Gasteiger partial charge in [-0.15, -0.1) is 0 Å². The smallest absolute Gasteiger partial charge is 0.118 e. The van der Waals surface area contributed by atoms with Crippen molar-refractivity contribution in [3.05, 3.63) is 102 Å². The predicted octanol–water partition coefficient (Wildman–Crippen LogP) is 3.32. The lowest BCUT2D eigenvalue weighted by atomic mass is 9.65. The lowest BCUT2D eigenvalue weighted by molar-refractivity contribution is 0.413. The molecule has 0 amide bonds. The van der Waals surface area contributed by atoms with Crippen molar-refractivity contribution in [1.29, 1.82) is 0 Å². The van der Waals surface area contributed by atoms with E-state index in [1.807, 2.05) is 48.5 Å². The Labute approximate surface area is 149 Å². The molecular weight excluding hydrogens is 308 g/mol. The Bertz CT molecular complexity index is 746. The van der Waals surface area contributed by atoms with Crippen LogP contribution < -0.4 is 16.2 Å². The summed E-state index contributed by atoms with van der Waals surface area (Å²) >= 11 is 0. The van der Waals surface area contributed by atoms with Gasteiger partial charge >= 0.3 is 0 Å². The molecular formula is C22H24N2O. The zero-order chi connectivity index (χ0) is 17.7. The molecule has 0 aromatic heterocycles. The molecule has 4 N–H and O–H groups in total. The summed E-state index contributed by atoms with van der Waals surface area (Å²) in [6, 6.07) is 28.5. The van der Waals surface area contributed by atoms with Gasteiger partial charge in [0.15, 0.2) is 0 Å². The first-order valence-electron chi connectivity index (χ1n) is 8.44. The Morgan fingerprint density at radius 1 is 0.760 bits per heavy atom. The zero-order valence-electron chi connectivity index (χ0n) is 14.4. The molecule has 0 saturated heterocycles. The highest BCUT2D eigenvalue weighted by Gasteiger charge is 2.41. The Morgan fingerprint density at radius 2 is 1.20 bits per heavy atom. The van der Waals surface area contributed by atoms with Crippen LogP contribution in [0.5, 0.6) is 5.75 Å². The summed E-state index contributed by atoms with van der Waals surface area (Å²) in [7, 11) is 1.67. The average molecular weight is 332 g/mol. The third kappa shape index (κ3) is 3.04. The van der Waals surface area contributed by atoms with Crippen LogP contribution in [0.4, 0.5) is 0 Å². The summed E-state index contributed by atoms with van der Waals surface area (Å²) < 4.78 is 5.32. The molecule has 25 heavy (non-hydrogen) atoms. The fourth-order valence-electron chi connectivity index (χ4n) is 3.58. The highest BCUT2D eigenvalue weighted by Crippen LogP contribution is 2.41. The lowest BCUT2D eigenvalue weighted by Gasteiger charge is -2.40. The minimum absolute atomic E-state index is 0.273. The molecule has 3 nitrogen and oxygen atoms in total. The molecule has 0 aliphatic carbocycles. The Balaban J connectivity index is 2.32. The number of hydrogen-bond donors (Lipinski definition) is 2. The van der Waals surface area contributed by atoms with E-state index in [4.69, 9.17) is 16.2 Å². The normalized spacial score (nSPS) is 12.6. The van der Waals surface area contributed by atoms with Crippen molar-refractivity contribution in [2.24, 2.45) is 11.5 Å². The molecule has 3 rings (SSSR count). The number of ether oxygens (including phenoxy) is 1. The molecule has 0 aliphatic rings. The second-order valence-corrected chi connectivity index (χ2v) is 6.11. The number of benzene rings is 3. The molecule has 128 valence electrons. The van der Waals surface area contributed by atoms with Gasteiger partial charge in [-0.1, -0.05) is 72.8 Å². The first-order chi connectivity index (χ1) is 12.2. The van der Waals surface area contributed by atoms with E-state index < -0.39 is 5.41 Å². The average Bonchev–Trinajstić information content (AvgIpc) is 2.70. The van der Waals surface area contributed by atoms with Crippen molar-refractivity contribution in [3.63, 3.8) is 0 Å². The molecule has 0 radical (unpaired) electrons. The van der Waals surface area contributed by atoms with E-state index in [2.05, 4.69) is 36.4 Å². The standard InChI is InChI=1S/C22H24N2O/c1-25-20-14-12-19(13-15-20)22(21(24)16-23,17-8-4-2-5-9-17)18-10-6-3-7-11-18/h2-15,21H,16,23-24H2,1H3. The molecule has 0 fully saturated rings. The van der Waals surface area contributed by atoms with Gasteiger partial charge in [0, 0.05) is 12.6 Å². The van der Waals surface area contributed by atoms with Crippen LogP contribution in [0.15, 0.2) is 84.9 Å². The SMILES string of the molecule is COc1ccc(C(c2ccccc2)(c2ccccc2)C(N)CN)cc1. The van der Waals surface area contributed by atoms with Gasteiger partial charge in [0.25, 0.3) is 0 Å². The molecule has 0 bridgehead atoms. The second-order valence-electron chi connectivity index (χ2n) is 6.11. The second kappa shape index (κ2) is 7.51. The van der Waals surface area contributed by atoms with Crippen molar-refractivity contribution in [3.8, 4) is 5.75 Å². The number of methoxy groups -OCH3 is 1. The van der Waals surface area contributed by atoms with Gasteiger partial charge in [-0.05, 0) is 28.8 Å². The number of rotatable bonds is 6. The molecule has 0 saturated carbocycles. The van der Waals surface area contributed by atoms with E-state index in [1.165, 1.54) is 0 Å². The van der Waals surface area contributed by atoms with Crippen LogP contribution in [0, 0.1) is 0 Å². The van der Waals surface area contributed by atoms with Crippen LogP contribution in [0.3, 0.4) is 0 Å².